The Morgan fingerprint density at radius 2 is 2.06 bits per heavy atom. The summed E-state index contributed by atoms with van der Waals surface area (Å²) in [6, 6.07) is 9.88. The van der Waals surface area contributed by atoms with Gasteiger partial charge in [-0.25, -0.2) is 0 Å². The van der Waals surface area contributed by atoms with E-state index in [-0.39, 0.29) is 5.91 Å². The second-order valence-corrected chi connectivity index (χ2v) is 4.45. The molecule has 4 nitrogen and oxygen atoms in total. The lowest BCUT2D eigenvalue weighted by Gasteiger charge is -2.11. The molecule has 0 heterocycles. The molecule has 2 N–H and O–H groups in total. The highest BCUT2D eigenvalue weighted by molar-refractivity contribution is 5.77. The molecule has 0 aliphatic carbocycles. The molecule has 1 aromatic rings. The first-order chi connectivity index (χ1) is 8.72. The van der Waals surface area contributed by atoms with Gasteiger partial charge in [0.05, 0.1) is 6.54 Å². The minimum Gasteiger partial charge on any atom is -0.384 e. The van der Waals surface area contributed by atoms with Crippen molar-refractivity contribution in [2.45, 2.75) is 13.5 Å². The lowest BCUT2D eigenvalue weighted by atomic mass is 10.2. The Bertz CT molecular complexity index is 341. The molecule has 0 aliphatic rings. The molecule has 1 amide bonds. The van der Waals surface area contributed by atoms with Crippen LogP contribution in [0.1, 0.15) is 12.5 Å². The molecule has 0 fully saturated rings. The minimum absolute atomic E-state index is 0.0171. The van der Waals surface area contributed by atoms with Crippen LogP contribution in [0.5, 0.6) is 0 Å². The average molecular weight is 250 g/mol. The zero-order valence-corrected chi connectivity index (χ0v) is 11.1. The van der Waals surface area contributed by atoms with Crippen molar-refractivity contribution in [3.63, 3.8) is 0 Å². The fourth-order valence-corrected chi connectivity index (χ4v) is 1.63. The third kappa shape index (κ3) is 6.37. The number of amides is 1. The van der Waals surface area contributed by atoms with Crippen molar-refractivity contribution < 1.29 is 9.53 Å². The highest BCUT2D eigenvalue weighted by atomic mass is 16.5. The number of hydrogen-bond donors (Lipinski definition) is 2. The number of hydrogen-bond acceptors (Lipinski definition) is 3. The third-order valence-electron chi connectivity index (χ3n) is 2.56. The minimum atomic E-state index is 0.0171. The monoisotopic (exact) mass is 250 g/mol. The van der Waals surface area contributed by atoms with Crippen LogP contribution in [-0.2, 0) is 16.1 Å². The van der Waals surface area contributed by atoms with Gasteiger partial charge in [-0.15, -0.1) is 0 Å². The highest BCUT2D eigenvalue weighted by Crippen LogP contribution is 1.96. The van der Waals surface area contributed by atoms with Crippen LogP contribution in [0.4, 0.5) is 0 Å². The number of methoxy groups -OCH3 is 1. The zero-order chi connectivity index (χ0) is 13.2. The van der Waals surface area contributed by atoms with E-state index in [0.717, 1.165) is 12.1 Å². The van der Waals surface area contributed by atoms with E-state index in [1.807, 2.05) is 30.3 Å². The quantitative estimate of drug-likeness (QED) is 0.728. The molecule has 1 rings (SSSR count). The van der Waals surface area contributed by atoms with Gasteiger partial charge < -0.3 is 15.4 Å². The zero-order valence-electron chi connectivity index (χ0n) is 11.1. The molecular formula is C14H22N2O2. The Morgan fingerprint density at radius 1 is 1.33 bits per heavy atom. The Balaban J connectivity index is 2.11. The van der Waals surface area contributed by atoms with E-state index in [2.05, 4.69) is 17.6 Å². The van der Waals surface area contributed by atoms with Crippen LogP contribution in [0.3, 0.4) is 0 Å². The van der Waals surface area contributed by atoms with Gasteiger partial charge in [0.1, 0.15) is 0 Å². The van der Waals surface area contributed by atoms with Crippen molar-refractivity contribution in [2.24, 2.45) is 5.92 Å². The molecule has 0 radical (unpaired) electrons. The summed E-state index contributed by atoms with van der Waals surface area (Å²) in [6.45, 7) is 4.50. The summed E-state index contributed by atoms with van der Waals surface area (Å²) >= 11 is 0. The third-order valence-corrected chi connectivity index (χ3v) is 2.56. The smallest absolute Gasteiger partial charge is 0.234 e. The second-order valence-electron chi connectivity index (χ2n) is 4.45. The second kappa shape index (κ2) is 8.66. The molecule has 1 aromatic carbocycles. The number of nitrogens with one attached hydrogen (secondary N) is 2. The highest BCUT2D eigenvalue weighted by Gasteiger charge is 2.03. The normalized spacial score (nSPS) is 12.1. The standard InChI is InChI=1S/C14H22N2O2/c1-12(11-18-2)8-15-10-14(17)16-9-13-6-4-3-5-7-13/h3-7,12,15H,8-11H2,1-2H3,(H,16,17). The number of ether oxygens (including phenoxy) is 1. The van der Waals surface area contributed by atoms with E-state index in [1.54, 1.807) is 7.11 Å². The topological polar surface area (TPSA) is 50.4 Å². The summed E-state index contributed by atoms with van der Waals surface area (Å²) in [5.41, 5.74) is 1.11. The van der Waals surface area contributed by atoms with E-state index in [1.165, 1.54) is 0 Å². The van der Waals surface area contributed by atoms with Gasteiger partial charge in [0, 0.05) is 26.8 Å². The molecule has 0 spiro atoms. The van der Waals surface area contributed by atoms with Crippen molar-refractivity contribution in [1.82, 2.24) is 10.6 Å². The fourth-order valence-electron chi connectivity index (χ4n) is 1.63. The van der Waals surface area contributed by atoms with E-state index < -0.39 is 0 Å². The maximum atomic E-state index is 11.6. The number of carbonyl (C=O) groups excluding carboxylic acids is 1. The predicted octanol–water partition coefficient (Wildman–Crippen LogP) is 1.17. The van der Waals surface area contributed by atoms with Gasteiger partial charge in [0.25, 0.3) is 0 Å². The summed E-state index contributed by atoms with van der Waals surface area (Å²) in [4.78, 5) is 11.6. The Morgan fingerprint density at radius 3 is 2.72 bits per heavy atom. The van der Waals surface area contributed by atoms with Crippen LogP contribution >= 0.6 is 0 Å². The molecule has 0 bridgehead atoms. The molecule has 1 unspecified atom stereocenters. The van der Waals surface area contributed by atoms with E-state index in [4.69, 9.17) is 4.74 Å². The summed E-state index contributed by atoms with van der Waals surface area (Å²) in [5, 5.41) is 5.99. The van der Waals surface area contributed by atoms with Crippen LogP contribution in [0.2, 0.25) is 0 Å². The molecule has 4 heteroatoms. The van der Waals surface area contributed by atoms with Crippen molar-refractivity contribution in [3.05, 3.63) is 35.9 Å². The number of benzene rings is 1. The molecule has 0 aliphatic heterocycles. The Kier molecular flexibility index (Phi) is 7.06. The van der Waals surface area contributed by atoms with Crippen LogP contribution in [-0.4, -0.2) is 32.7 Å². The molecule has 100 valence electrons. The van der Waals surface area contributed by atoms with E-state index >= 15 is 0 Å². The first kappa shape index (κ1) is 14.7. The molecule has 0 aromatic heterocycles. The van der Waals surface area contributed by atoms with Gasteiger partial charge in [-0.2, -0.15) is 0 Å². The first-order valence-corrected chi connectivity index (χ1v) is 6.22. The number of carbonyl (C=O) groups is 1. The van der Waals surface area contributed by atoms with Crippen molar-refractivity contribution in [3.8, 4) is 0 Å². The van der Waals surface area contributed by atoms with Gasteiger partial charge in [0.2, 0.25) is 5.91 Å². The van der Waals surface area contributed by atoms with Gasteiger partial charge >= 0.3 is 0 Å². The predicted molar refractivity (Wildman–Crippen MR) is 72.2 cm³/mol. The van der Waals surface area contributed by atoms with Crippen LogP contribution in [0, 0.1) is 5.92 Å². The summed E-state index contributed by atoms with van der Waals surface area (Å²) in [6.07, 6.45) is 0. The van der Waals surface area contributed by atoms with Crippen LogP contribution < -0.4 is 10.6 Å². The van der Waals surface area contributed by atoms with Crippen molar-refractivity contribution in [1.29, 1.82) is 0 Å². The molecule has 0 saturated carbocycles. The van der Waals surface area contributed by atoms with E-state index in [9.17, 15) is 4.79 Å². The number of rotatable bonds is 8. The van der Waals surface area contributed by atoms with Crippen LogP contribution in [0.15, 0.2) is 30.3 Å². The maximum absolute atomic E-state index is 11.6. The van der Waals surface area contributed by atoms with Crippen LogP contribution in [0.25, 0.3) is 0 Å². The van der Waals surface area contributed by atoms with Gasteiger partial charge in [-0.05, 0) is 11.5 Å². The fraction of sp³-hybridized carbons (Fsp3) is 0.500. The largest absolute Gasteiger partial charge is 0.384 e. The summed E-state index contributed by atoms with van der Waals surface area (Å²) < 4.78 is 5.03. The van der Waals surface area contributed by atoms with Crippen molar-refractivity contribution in [2.75, 3.05) is 26.8 Å². The summed E-state index contributed by atoms with van der Waals surface area (Å²) in [5.74, 6) is 0.431. The van der Waals surface area contributed by atoms with Gasteiger partial charge in [0.15, 0.2) is 0 Å². The van der Waals surface area contributed by atoms with Gasteiger partial charge in [-0.1, -0.05) is 37.3 Å². The SMILES string of the molecule is COCC(C)CNCC(=O)NCc1ccccc1. The molecule has 0 saturated heterocycles. The van der Waals surface area contributed by atoms with Crippen molar-refractivity contribution >= 4 is 5.91 Å². The van der Waals surface area contributed by atoms with Gasteiger partial charge in [-0.3, -0.25) is 4.79 Å². The molecular weight excluding hydrogens is 228 g/mol. The lowest BCUT2D eigenvalue weighted by Crippen LogP contribution is -2.35. The Labute approximate surface area is 109 Å². The molecule has 18 heavy (non-hydrogen) atoms. The Hall–Kier alpha value is -1.39. The molecule has 1 atom stereocenters. The maximum Gasteiger partial charge on any atom is 0.234 e. The summed E-state index contributed by atoms with van der Waals surface area (Å²) in [7, 11) is 1.68. The average Bonchev–Trinajstić information content (AvgIpc) is 2.38. The lowest BCUT2D eigenvalue weighted by molar-refractivity contribution is -0.120. The first-order valence-electron chi connectivity index (χ1n) is 6.22. The van der Waals surface area contributed by atoms with E-state index in [0.29, 0.717) is 25.6 Å².